The first-order valence-corrected chi connectivity index (χ1v) is 4.45. The Bertz CT molecular complexity index is 299. The molecule has 1 saturated carbocycles. The van der Waals surface area contributed by atoms with Gasteiger partial charge in [0.15, 0.2) is 0 Å². The smallest absolute Gasteiger partial charge is 0.246 e. The number of oxime groups is 1. The van der Waals surface area contributed by atoms with Gasteiger partial charge in [-0.3, -0.25) is 4.79 Å². The van der Waals surface area contributed by atoms with Crippen molar-refractivity contribution < 1.29 is 14.7 Å². The van der Waals surface area contributed by atoms with E-state index in [1.807, 2.05) is 6.92 Å². The van der Waals surface area contributed by atoms with Crippen LogP contribution in [-0.4, -0.2) is 22.4 Å². The fourth-order valence-electron chi connectivity index (χ4n) is 2.01. The largest absolute Gasteiger partial charge is 0.360 e. The molecule has 1 aliphatic heterocycles. The van der Waals surface area contributed by atoms with Crippen LogP contribution in [0.15, 0.2) is 5.16 Å². The fourth-order valence-corrected chi connectivity index (χ4v) is 2.01. The Morgan fingerprint density at radius 1 is 1.62 bits per heavy atom. The van der Waals surface area contributed by atoms with Crippen LogP contribution < -0.4 is 0 Å². The van der Waals surface area contributed by atoms with E-state index in [0.717, 1.165) is 0 Å². The lowest BCUT2D eigenvalue weighted by atomic mass is 9.68. The van der Waals surface area contributed by atoms with Crippen molar-refractivity contribution >= 4 is 11.5 Å². The molecule has 4 nitrogen and oxygen atoms in total. The maximum Gasteiger partial charge on any atom is 0.246 e. The minimum absolute atomic E-state index is 0.173. The fraction of sp³-hybridized carbons (Fsp3) is 0.778. The van der Waals surface area contributed by atoms with Gasteiger partial charge in [-0.15, -0.1) is 0 Å². The van der Waals surface area contributed by atoms with Crippen molar-refractivity contribution in [1.82, 2.24) is 0 Å². The molecule has 2 unspecified atom stereocenters. The first kappa shape index (κ1) is 8.69. The number of nitrogens with zero attached hydrogens (tertiary/aromatic N) is 1. The van der Waals surface area contributed by atoms with E-state index in [9.17, 15) is 9.90 Å². The van der Waals surface area contributed by atoms with Gasteiger partial charge in [-0.25, -0.2) is 0 Å². The van der Waals surface area contributed by atoms with Gasteiger partial charge in [0.2, 0.25) is 5.79 Å². The molecule has 0 bridgehead atoms. The summed E-state index contributed by atoms with van der Waals surface area (Å²) < 4.78 is 0. The van der Waals surface area contributed by atoms with Gasteiger partial charge in [-0.05, 0) is 13.8 Å². The van der Waals surface area contributed by atoms with Crippen molar-refractivity contribution in [1.29, 1.82) is 0 Å². The number of hydrogen-bond acceptors (Lipinski definition) is 4. The first-order valence-electron chi connectivity index (χ1n) is 4.45. The Balaban J connectivity index is 2.38. The van der Waals surface area contributed by atoms with E-state index in [2.05, 4.69) is 5.16 Å². The molecule has 2 rings (SSSR count). The number of fused-ring (bicyclic) bond motifs is 1. The molecule has 1 heterocycles. The first-order chi connectivity index (χ1) is 5.98. The second-order valence-corrected chi connectivity index (χ2v) is 4.10. The predicted octanol–water partition coefficient (Wildman–Crippen LogP) is 0.840. The molecule has 0 radical (unpaired) electrons. The lowest BCUT2D eigenvalue weighted by Gasteiger charge is -2.39. The van der Waals surface area contributed by atoms with Crippen LogP contribution in [0.2, 0.25) is 0 Å². The number of ketones is 1. The van der Waals surface area contributed by atoms with Crippen LogP contribution in [-0.2, 0) is 9.63 Å². The van der Waals surface area contributed by atoms with Crippen LogP contribution >= 0.6 is 0 Å². The Labute approximate surface area is 76.6 Å². The molecule has 0 amide bonds. The number of carbonyl (C=O) groups is 1. The zero-order chi connectivity index (χ0) is 9.69. The molecule has 4 heteroatoms. The summed E-state index contributed by atoms with van der Waals surface area (Å²) in [5.41, 5.74) is 0.102. The SMILES string of the molecule is CC1=NOC2(O)CCC(=O)CC12C. The van der Waals surface area contributed by atoms with Gasteiger partial charge in [-0.2, -0.15) is 0 Å². The van der Waals surface area contributed by atoms with Crippen molar-refractivity contribution in [3.8, 4) is 0 Å². The topological polar surface area (TPSA) is 58.9 Å². The van der Waals surface area contributed by atoms with Crippen molar-refractivity contribution in [3.05, 3.63) is 0 Å². The molecule has 0 saturated heterocycles. The molecule has 2 atom stereocenters. The summed E-state index contributed by atoms with van der Waals surface area (Å²) in [5, 5.41) is 13.8. The number of aliphatic hydroxyl groups is 1. The predicted molar refractivity (Wildman–Crippen MR) is 46.1 cm³/mol. The highest BCUT2D eigenvalue weighted by molar-refractivity contribution is 5.95. The van der Waals surface area contributed by atoms with Crippen molar-refractivity contribution in [2.24, 2.45) is 10.6 Å². The lowest BCUT2D eigenvalue weighted by molar-refractivity contribution is -0.245. The van der Waals surface area contributed by atoms with Crippen molar-refractivity contribution in [2.75, 3.05) is 0 Å². The summed E-state index contributed by atoms with van der Waals surface area (Å²) in [4.78, 5) is 16.3. The Hall–Kier alpha value is -0.900. The molecular weight excluding hydrogens is 170 g/mol. The minimum atomic E-state index is -1.25. The Morgan fingerprint density at radius 3 is 3.00 bits per heavy atom. The standard InChI is InChI=1S/C9H13NO3/c1-6-8(2)5-7(11)3-4-9(8,12)13-10-6/h12H,3-5H2,1-2H3. The highest BCUT2D eigenvalue weighted by Gasteiger charge is 2.59. The third kappa shape index (κ3) is 0.950. The molecule has 0 aromatic carbocycles. The number of Topliss-reactive ketones (excluding diaryl/α,β-unsaturated/α-hetero) is 1. The molecule has 1 fully saturated rings. The van der Waals surface area contributed by atoms with Gasteiger partial charge in [0.25, 0.3) is 0 Å². The number of carbonyl (C=O) groups excluding carboxylic acids is 1. The van der Waals surface area contributed by atoms with E-state index in [0.29, 0.717) is 25.0 Å². The van der Waals surface area contributed by atoms with Gasteiger partial charge < -0.3 is 9.94 Å². The number of rotatable bonds is 0. The zero-order valence-corrected chi connectivity index (χ0v) is 7.83. The summed E-state index contributed by atoms with van der Waals surface area (Å²) in [6.45, 7) is 3.62. The average Bonchev–Trinajstić information content (AvgIpc) is 2.28. The van der Waals surface area contributed by atoms with Crippen LogP contribution in [0.25, 0.3) is 0 Å². The van der Waals surface area contributed by atoms with E-state index in [-0.39, 0.29) is 5.78 Å². The maximum absolute atomic E-state index is 11.3. The van der Waals surface area contributed by atoms with Crippen LogP contribution in [0.3, 0.4) is 0 Å². The van der Waals surface area contributed by atoms with Gasteiger partial charge >= 0.3 is 0 Å². The summed E-state index contributed by atoms with van der Waals surface area (Å²) in [6.07, 6.45) is 1.07. The molecule has 0 aromatic rings. The molecule has 0 spiro atoms. The second-order valence-electron chi connectivity index (χ2n) is 4.10. The van der Waals surface area contributed by atoms with Crippen molar-refractivity contribution in [3.63, 3.8) is 0 Å². The normalized spacial score (nSPS) is 43.9. The lowest BCUT2D eigenvalue weighted by Crippen LogP contribution is -2.52. The van der Waals surface area contributed by atoms with E-state index in [1.54, 1.807) is 6.92 Å². The molecule has 0 aromatic heterocycles. The average molecular weight is 183 g/mol. The van der Waals surface area contributed by atoms with Crippen LogP contribution in [0.4, 0.5) is 0 Å². The van der Waals surface area contributed by atoms with E-state index < -0.39 is 11.2 Å². The second kappa shape index (κ2) is 2.32. The number of hydrogen-bond donors (Lipinski definition) is 1. The maximum atomic E-state index is 11.3. The molecule has 13 heavy (non-hydrogen) atoms. The highest BCUT2D eigenvalue weighted by Crippen LogP contribution is 2.48. The van der Waals surface area contributed by atoms with E-state index >= 15 is 0 Å². The monoisotopic (exact) mass is 183 g/mol. The molecule has 2 aliphatic rings. The molecule has 1 aliphatic carbocycles. The van der Waals surface area contributed by atoms with Gasteiger partial charge in [0.05, 0.1) is 11.1 Å². The summed E-state index contributed by atoms with van der Waals surface area (Å²) >= 11 is 0. The third-order valence-corrected chi connectivity index (χ3v) is 3.29. The Kier molecular flexibility index (Phi) is 1.55. The third-order valence-electron chi connectivity index (χ3n) is 3.29. The zero-order valence-electron chi connectivity index (χ0n) is 7.83. The highest BCUT2D eigenvalue weighted by atomic mass is 16.7. The molecule has 72 valence electrons. The summed E-state index contributed by atoms with van der Waals surface area (Å²) in [6, 6.07) is 0. The van der Waals surface area contributed by atoms with Gasteiger partial charge in [-0.1, -0.05) is 5.16 Å². The van der Waals surface area contributed by atoms with E-state index in [4.69, 9.17) is 4.84 Å². The molecular formula is C9H13NO3. The quantitative estimate of drug-likeness (QED) is 0.605. The van der Waals surface area contributed by atoms with Crippen LogP contribution in [0.1, 0.15) is 33.1 Å². The van der Waals surface area contributed by atoms with E-state index in [1.165, 1.54) is 0 Å². The Morgan fingerprint density at radius 2 is 2.31 bits per heavy atom. The van der Waals surface area contributed by atoms with Gasteiger partial charge in [0.1, 0.15) is 5.78 Å². The summed E-state index contributed by atoms with van der Waals surface area (Å²) in [7, 11) is 0. The summed E-state index contributed by atoms with van der Waals surface area (Å²) in [5.74, 6) is -1.07. The van der Waals surface area contributed by atoms with Gasteiger partial charge in [0, 0.05) is 19.3 Å². The van der Waals surface area contributed by atoms with Crippen LogP contribution in [0, 0.1) is 5.41 Å². The minimum Gasteiger partial charge on any atom is -0.360 e. The molecule has 1 N–H and O–H groups in total. The van der Waals surface area contributed by atoms with Crippen LogP contribution in [0.5, 0.6) is 0 Å². The van der Waals surface area contributed by atoms with Crippen molar-refractivity contribution in [2.45, 2.75) is 38.9 Å².